The van der Waals surface area contributed by atoms with E-state index in [1.54, 1.807) is 0 Å². The van der Waals surface area contributed by atoms with E-state index in [0.717, 1.165) is 10.9 Å². The molecule has 0 aliphatic heterocycles. The van der Waals surface area contributed by atoms with Crippen LogP contribution < -0.4 is 5.32 Å². The number of nitrogens with one attached hydrogen (secondary N) is 2. The third-order valence-corrected chi connectivity index (χ3v) is 5.09. The van der Waals surface area contributed by atoms with E-state index in [4.69, 9.17) is 5.11 Å². The zero-order chi connectivity index (χ0) is 24.3. The van der Waals surface area contributed by atoms with E-state index < -0.39 is 42.7 Å². The molecule has 0 spiro atoms. The third-order valence-electron chi connectivity index (χ3n) is 5.09. The second kappa shape index (κ2) is 9.43. The van der Waals surface area contributed by atoms with E-state index in [0.29, 0.717) is 11.3 Å². The van der Waals surface area contributed by atoms with Crippen LogP contribution in [0, 0.1) is 11.6 Å². The monoisotopic (exact) mass is 474 g/mol. The average Bonchev–Trinajstić information content (AvgIpc) is 3.51. The average molecular weight is 474 g/mol. The number of aliphatic hydroxyl groups excluding tert-OH is 1. The minimum atomic E-state index is -3.71. The van der Waals surface area contributed by atoms with Crippen molar-refractivity contribution in [3.63, 3.8) is 0 Å². The van der Waals surface area contributed by atoms with Crippen molar-refractivity contribution < 1.29 is 27.5 Å². The molecule has 2 aromatic heterocycles. The van der Waals surface area contributed by atoms with E-state index in [9.17, 15) is 22.4 Å². The Kier molecular flexibility index (Phi) is 6.41. The summed E-state index contributed by atoms with van der Waals surface area (Å²) in [5.41, 5.74) is 0.579. The summed E-state index contributed by atoms with van der Waals surface area (Å²) in [5.74, 6) is -5.95. The molecule has 2 aromatic carbocycles. The Hall–Kier alpha value is -4.06. The molecular weight excluding hydrogens is 456 g/mol. The highest BCUT2D eigenvalue weighted by atomic mass is 19.3. The molecule has 0 bridgehead atoms. The van der Waals surface area contributed by atoms with Gasteiger partial charge in [0.1, 0.15) is 24.3 Å². The molecule has 0 saturated heterocycles. The molecular formula is C22H18F4N6O2. The van der Waals surface area contributed by atoms with Gasteiger partial charge < -0.3 is 10.4 Å². The predicted molar refractivity (Wildman–Crippen MR) is 113 cm³/mol. The lowest BCUT2D eigenvalue weighted by Gasteiger charge is -2.26. The van der Waals surface area contributed by atoms with Crippen molar-refractivity contribution in [3.8, 4) is 22.5 Å². The van der Waals surface area contributed by atoms with Gasteiger partial charge in [-0.2, -0.15) is 20.1 Å². The van der Waals surface area contributed by atoms with Crippen LogP contribution in [0.2, 0.25) is 0 Å². The number of aromatic nitrogens is 5. The van der Waals surface area contributed by atoms with Crippen LogP contribution in [0.1, 0.15) is 10.4 Å². The van der Waals surface area contributed by atoms with Gasteiger partial charge in [0.2, 0.25) is 0 Å². The van der Waals surface area contributed by atoms with Crippen molar-refractivity contribution in [1.82, 2.24) is 30.5 Å². The predicted octanol–water partition coefficient (Wildman–Crippen LogP) is 3.04. The molecule has 0 radical (unpaired) electrons. The number of amides is 1. The van der Waals surface area contributed by atoms with Gasteiger partial charge in [0.25, 0.3) is 11.8 Å². The summed E-state index contributed by atoms with van der Waals surface area (Å²) in [4.78, 5) is 13.9. The van der Waals surface area contributed by atoms with Gasteiger partial charge in [-0.05, 0) is 48.0 Å². The molecule has 1 atom stereocenters. The van der Waals surface area contributed by atoms with Crippen LogP contribution >= 0.6 is 0 Å². The van der Waals surface area contributed by atoms with Crippen molar-refractivity contribution in [2.24, 2.45) is 0 Å². The number of halogens is 4. The summed E-state index contributed by atoms with van der Waals surface area (Å²) < 4.78 is 56.7. The molecule has 0 fully saturated rings. The summed E-state index contributed by atoms with van der Waals surface area (Å²) in [6.45, 7) is -2.07. The third kappa shape index (κ3) is 4.81. The molecule has 8 nitrogen and oxygen atoms in total. The van der Waals surface area contributed by atoms with Gasteiger partial charge in [0.05, 0.1) is 41.5 Å². The molecule has 4 rings (SSSR count). The normalized spacial score (nSPS) is 12.5. The van der Waals surface area contributed by atoms with Crippen LogP contribution in [-0.4, -0.2) is 54.8 Å². The highest BCUT2D eigenvalue weighted by Gasteiger charge is 2.41. The first-order chi connectivity index (χ1) is 16.3. The van der Waals surface area contributed by atoms with Gasteiger partial charge in [0.15, 0.2) is 0 Å². The number of rotatable bonds is 8. The van der Waals surface area contributed by atoms with Crippen LogP contribution in [0.25, 0.3) is 22.5 Å². The molecule has 4 aromatic rings. The largest absolute Gasteiger partial charge is 0.390 e. The maximum atomic E-state index is 14.8. The van der Waals surface area contributed by atoms with Crippen LogP contribution in [0.5, 0.6) is 0 Å². The summed E-state index contributed by atoms with van der Waals surface area (Å²) >= 11 is 0. The number of hydrogen-bond donors (Lipinski definition) is 3. The lowest BCUT2D eigenvalue weighted by Crippen LogP contribution is -2.52. The maximum Gasteiger partial charge on any atom is 0.292 e. The van der Waals surface area contributed by atoms with Gasteiger partial charge in [-0.25, -0.2) is 17.6 Å². The molecule has 0 aliphatic rings. The molecule has 2 heterocycles. The second-order valence-corrected chi connectivity index (χ2v) is 7.37. The first-order valence-electron chi connectivity index (χ1n) is 10.0. The fraction of sp³-hybridized carbons (Fsp3) is 0.182. The number of carbonyl (C=O) groups is 1. The first kappa shape index (κ1) is 23.1. The van der Waals surface area contributed by atoms with Crippen LogP contribution in [0.3, 0.4) is 0 Å². The lowest BCUT2D eigenvalue weighted by atomic mass is 10.0. The van der Waals surface area contributed by atoms with E-state index in [1.165, 1.54) is 54.9 Å². The zero-order valence-electron chi connectivity index (χ0n) is 17.4. The van der Waals surface area contributed by atoms with Crippen molar-refractivity contribution >= 4 is 5.91 Å². The van der Waals surface area contributed by atoms with E-state index in [2.05, 4.69) is 25.7 Å². The van der Waals surface area contributed by atoms with Gasteiger partial charge >= 0.3 is 0 Å². The van der Waals surface area contributed by atoms with E-state index >= 15 is 0 Å². The minimum absolute atomic E-state index is 0.0433. The number of alkyl halides is 2. The topological polar surface area (TPSA) is 109 Å². The molecule has 34 heavy (non-hydrogen) atoms. The van der Waals surface area contributed by atoms with E-state index in [1.807, 2.05) is 0 Å². The van der Waals surface area contributed by atoms with Gasteiger partial charge in [0, 0.05) is 0 Å². The number of H-pyrrole nitrogens is 1. The van der Waals surface area contributed by atoms with Crippen molar-refractivity contribution in [2.45, 2.75) is 18.5 Å². The Balaban J connectivity index is 1.66. The fourth-order valence-corrected chi connectivity index (χ4v) is 3.33. The number of aromatic amines is 1. The molecule has 1 unspecified atom stereocenters. The van der Waals surface area contributed by atoms with Gasteiger partial charge in [-0.3, -0.25) is 9.89 Å². The molecule has 12 heteroatoms. The zero-order valence-corrected chi connectivity index (χ0v) is 17.4. The molecule has 0 aliphatic carbocycles. The Morgan fingerprint density at radius 3 is 2.50 bits per heavy atom. The fourth-order valence-electron chi connectivity index (χ4n) is 3.33. The molecule has 3 N–H and O–H groups in total. The maximum absolute atomic E-state index is 14.8. The van der Waals surface area contributed by atoms with Crippen LogP contribution in [0.4, 0.5) is 17.6 Å². The number of hydrogen-bond acceptors (Lipinski definition) is 5. The summed E-state index contributed by atoms with van der Waals surface area (Å²) in [6.07, 6.45) is 2.55. The quantitative estimate of drug-likeness (QED) is 0.340. The highest BCUT2D eigenvalue weighted by molar-refractivity contribution is 6.01. The van der Waals surface area contributed by atoms with Crippen molar-refractivity contribution in [1.29, 1.82) is 0 Å². The first-order valence-corrected chi connectivity index (χ1v) is 10.0. The van der Waals surface area contributed by atoms with Gasteiger partial charge in [-0.15, -0.1) is 0 Å². The van der Waals surface area contributed by atoms with E-state index in [-0.39, 0.29) is 16.8 Å². The standard InChI is InChI=1S/C22H18F4N6O2/c23-14-6-4-13(5-7-14)17-10-18(31-30-17)20-15(2-1-3-16(20)24)21(34)29-19(22(25,26)12-33)11-32-27-8-9-28-32/h1-10,19,33H,11-12H2,(H,29,34)(H,30,31). The summed E-state index contributed by atoms with van der Waals surface area (Å²) in [5, 5.41) is 25.5. The Labute approximate surface area is 190 Å². The van der Waals surface area contributed by atoms with Crippen LogP contribution in [-0.2, 0) is 6.54 Å². The number of benzene rings is 2. The molecule has 176 valence electrons. The minimum Gasteiger partial charge on any atom is -0.390 e. The van der Waals surface area contributed by atoms with Crippen molar-refractivity contribution in [2.75, 3.05) is 6.61 Å². The molecule has 1 amide bonds. The lowest BCUT2D eigenvalue weighted by molar-refractivity contribution is -0.0822. The van der Waals surface area contributed by atoms with Crippen molar-refractivity contribution in [3.05, 3.63) is 78.1 Å². The van der Waals surface area contributed by atoms with Gasteiger partial charge in [-0.1, -0.05) is 6.07 Å². The summed E-state index contributed by atoms with van der Waals surface area (Å²) in [6, 6.07) is 8.67. The highest BCUT2D eigenvalue weighted by Crippen LogP contribution is 2.29. The Morgan fingerprint density at radius 1 is 1.12 bits per heavy atom. The summed E-state index contributed by atoms with van der Waals surface area (Å²) in [7, 11) is 0. The smallest absolute Gasteiger partial charge is 0.292 e. The number of carbonyl (C=O) groups excluding carboxylic acids is 1. The molecule has 0 saturated carbocycles. The number of nitrogens with zero attached hydrogens (tertiary/aromatic N) is 4. The van der Waals surface area contributed by atoms with Crippen LogP contribution in [0.15, 0.2) is 60.9 Å². The SMILES string of the molecule is O=C(NC(Cn1nccn1)C(F)(F)CO)c1cccc(F)c1-c1cc(-c2ccc(F)cc2)[nH]n1. The second-order valence-electron chi connectivity index (χ2n) is 7.37. The Bertz CT molecular complexity index is 1280. The number of aliphatic hydroxyl groups is 1. The Morgan fingerprint density at radius 2 is 1.82 bits per heavy atom.